The van der Waals surface area contributed by atoms with Crippen LogP contribution >= 0.6 is 11.6 Å². The number of nitrogens with one attached hydrogen (secondary N) is 1. The molecule has 112 valence electrons. The van der Waals surface area contributed by atoms with Crippen LogP contribution < -0.4 is 4.72 Å². The molecule has 1 rings (SSSR count). The molecule has 0 aliphatic heterocycles. The van der Waals surface area contributed by atoms with Crippen molar-refractivity contribution in [3.05, 3.63) is 40.3 Å². The van der Waals surface area contributed by atoms with Gasteiger partial charge in [0.25, 0.3) is 0 Å². The Hall–Kier alpha value is -0.880. The minimum atomic E-state index is -3.52. The lowest BCUT2D eigenvalue weighted by molar-refractivity contribution is 0.213. The molecule has 0 atom stereocenters. The molecular weight excluding hydrogens is 298 g/mol. The van der Waals surface area contributed by atoms with Gasteiger partial charge in [-0.15, -0.1) is 0 Å². The summed E-state index contributed by atoms with van der Waals surface area (Å²) in [6.45, 7) is 4.08. The zero-order valence-corrected chi connectivity index (χ0v) is 13.2. The molecule has 2 N–H and O–H groups in total. The van der Waals surface area contributed by atoms with Crippen LogP contribution in [0, 0.1) is 5.41 Å². The second-order valence-electron chi connectivity index (χ2n) is 5.33. The monoisotopic (exact) mass is 317 g/mol. The summed E-state index contributed by atoms with van der Waals surface area (Å²) in [4.78, 5) is 0. The summed E-state index contributed by atoms with van der Waals surface area (Å²) in [5, 5.41) is 10.5. The predicted octanol–water partition coefficient (Wildman–Crippen LogP) is 2.64. The molecular formula is C14H20ClNO3S. The van der Waals surface area contributed by atoms with E-state index < -0.39 is 10.0 Å². The molecule has 4 nitrogen and oxygen atoms in total. The van der Waals surface area contributed by atoms with Gasteiger partial charge in [0.1, 0.15) is 0 Å². The van der Waals surface area contributed by atoms with Gasteiger partial charge in [-0.2, -0.15) is 0 Å². The van der Waals surface area contributed by atoms with Crippen molar-refractivity contribution >= 4 is 27.7 Å². The first-order chi connectivity index (χ1) is 9.26. The third-order valence-corrected chi connectivity index (χ3v) is 4.26. The molecule has 0 bridgehead atoms. The zero-order valence-electron chi connectivity index (χ0n) is 11.6. The molecule has 0 amide bonds. The summed E-state index contributed by atoms with van der Waals surface area (Å²) in [5.41, 5.74) is 0.356. The number of rotatable bonds is 7. The van der Waals surface area contributed by atoms with Crippen LogP contribution in [0.2, 0.25) is 5.02 Å². The Bertz CT molecular complexity index is 568. The fourth-order valence-corrected chi connectivity index (χ4v) is 2.72. The second-order valence-corrected chi connectivity index (χ2v) is 7.39. The molecule has 0 radical (unpaired) electrons. The zero-order chi connectivity index (χ0) is 15.2. The Balaban J connectivity index is 2.69. The van der Waals surface area contributed by atoms with E-state index in [2.05, 4.69) is 4.72 Å². The predicted molar refractivity (Wildman–Crippen MR) is 82.9 cm³/mol. The maximum absolute atomic E-state index is 11.9. The summed E-state index contributed by atoms with van der Waals surface area (Å²) in [7, 11) is -3.52. The highest BCUT2D eigenvalue weighted by molar-refractivity contribution is 7.92. The number of hydrogen-bond acceptors (Lipinski definition) is 3. The summed E-state index contributed by atoms with van der Waals surface area (Å²) < 4.78 is 26.2. The fraction of sp³-hybridized carbons (Fsp3) is 0.429. The average Bonchev–Trinajstić information content (AvgIpc) is 2.36. The van der Waals surface area contributed by atoms with Gasteiger partial charge < -0.3 is 5.11 Å². The average molecular weight is 318 g/mol. The molecule has 0 aliphatic carbocycles. The van der Waals surface area contributed by atoms with Gasteiger partial charge in [0.05, 0.1) is 0 Å². The van der Waals surface area contributed by atoms with Crippen LogP contribution in [0.4, 0.5) is 0 Å². The lowest BCUT2D eigenvalue weighted by Gasteiger charge is -2.23. The first-order valence-electron chi connectivity index (χ1n) is 6.29. The first-order valence-corrected chi connectivity index (χ1v) is 8.21. The molecule has 20 heavy (non-hydrogen) atoms. The van der Waals surface area contributed by atoms with E-state index in [0.717, 1.165) is 5.41 Å². The van der Waals surface area contributed by atoms with Crippen LogP contribution in [0.15, 0.2) is 29.7 Å². The van der Waals surface area contributed by atoms with Gasteiger partial charge in [0, 0.05) is 23.6 Å². The minimum absolute atomic E-state index is 0.0319. The third-order valence-electron chi connectivity index (χ3n) is 2.87. The van der Waals surface area contributed by atoms with Crippen LogP contribution in [0.1, 0.15) is 25.8 Å². The van der Waals surface area contributed by atoms with E-state index in [1.807, 2.05) is 13.8 Å². The number of aliphatic hydroxyl groups excluding tert-OH is 1. The van der Waals surface area contributed by atoms with E-state index in [9.17, 15) is 8.42 Å². The standard InChI is InChI=1S/C14H20ClNO3S/c1-14(2,8-9-17)11-16-20(18,19)10-7-12-5-3-4-6-13(12)15/h3-7,10,16-17H,8-9,11H2,1-2H3/b10-7+. The van der Waals surface area contributed by atoms with Gasteiger partial charge in [-0.05, 0) is 29.5 Å². The van der Waals surface area contributed by atoms with E-state index in [1.54, 1.807) is 24.3 Å². The van der Waals surface area contributed by atoms with E-state index in [1.165, 1.54) is 6.08 Å². The number of halogens is 1. The van der Waals surface area contributed by atoms with Crippen molar-refractivity contribution in [3.8, 4) is 0 Å². The summed E-state index contributed by atoms with van der Waals surface area (Å²) in [6.07, 6.45) is 1.99. The van der Waals surface area contributed by atoms with Gasteiger partial charge >= 0.3 is 0 Å². The van der Waals surface area contributed by atoms with Gasteiger partial charge in [-0.3, -0.25) is 0 Å². The van der Waals surface area contributed by atoms with Gasteiger partial charge in [0.2, 0.25) is 10.0 Å². The number of aliphatic hydroxyl groups is 1. The Labute approximate surface area is 125 Å². The van der Waals surface area contributed by atoms with Crippen molar-refractivity contribution in [1.29, 1.82) is 0 Å². The van der Waals surface area contributed by atoms with Crippen molar-refractivity contribution in [2.45, 2.75) is 20.3 Å². The minimum Gasteiger partial charge on any atom is -0.396 e. The smallest absolute Gasteiger partial charge is 0.233 e. The van der Waals surface area contributed by atoms with Crippen LogP contribution in [0.3, 0.4) is 0 Å². The molecule has 0 spiro atoms. The van der Waals surface area contributed by atoms with Gasteiger partial charge in [-0.25, -0.2) is 13.1 Å². The molecule has 6 heteroatoms. The highest BCUT2D eigenvalue weighted by Gasteiger charge is 2.19. The van der Waals surface area contributed by atoms with Crippen LogP contribution in [-0.2, 0) is 10.0 Å². The van der Waals surface area contributed by atoms with Gasteiger partial charge in [-0.1, -0.05) is 43.6 Å². The van der Waals surface area contributed by atoms with E-state index in [4.69, 9.17) is 16.7 Å². The van der Waals surface area contributed by atoms with Crippen molar-refractivity contribution < 1.29 is 13.5 Å². The second kappa shape index (κ2) is 7.22. The van der Waals surface area contributed by atoms with Crippen LogP contribution in [0.5, 0.6) is 0 Å². The molecule has 0 saturated carbocycles. The lowest BCUT2D eigenvalue weighted by Crippen LogP contribution is -2.33. The van der Waals surface area contributed by atoms with E-state index >= 15 is 0 Å². The highest BCUT2D eigenvalue weighted by Crippen LogP contribution is 2.19. The number of sulfonamides is 1. The largest absolute Gasteiger partial charge is 0.396 e. The topological polar surface area (TPSA) is 66.4 Å². The lowest BCUT2D eigenvalue weighted by atomic mass is 9.90. The summed E-state index contributed by atoms with van der Waals surface area (Å²) in [5.74, 6) is 0. The Kier molecular flexibility index (Phi) is 6.20. The van der Waals surface area contributed by atoms with Crippen molar-refractivity contribution in [2.24, 2.45) is 5.41 Å². The fourth-order valence-electron chi connectivity index (χ4n) is 1.51. The molecule has 0 saturated heterocycles. The van der Waals surface area contributed by atoms with E-state index in [0.29, 0.717) is 17.0 Å². The molecule has 1 aromatic carbocycles. The maximum atomic E-state index is 11.9. The quantitative estimate of drug-likeness (QED) is 0.812. The maximum Gasteiger partial charge on any atom is 0.233 e. The molecule has 0 fully saturated rings. The summed E-state index contributed by atoms with van der Waals surface area (Å²) in [6, 6.07) is 7.01. The molecule has 0 aromatic heterocycles. The van der Waals surface area contributed by atoms with Crippen LogP contribution in [-0.4, -0.2) is 26.7 Å². The number of benzene rings is 1. The van der Waals surface area contributed by atoms with Crippen LogP contribution in [0.25, 0.3) is 6.08 Å². The Morgan fingerprint density at radius 2 is 2.00 bits per heavy atom. The molecule has 0 unspecified atom stereocenters. The van der Waals surface area contributed by atoms with Crippen molar-refractivity contribution in [2.75, 3.05) is 13.2 Å². The summed E-state index contributed by atoms with van der Waals surface area (Å²) >= 11 is 5.95. The first kappa shape index (κ1) is 17.2. The third kappa shape index (κ3) is 6.05. The van der Waals surface area contributed by atoms with Gasteiger partial charge in [0.15, 0.2) is 0 Å². The highest BCUT2D eigenvalue weighted by atomic mass is 35.5. The Morgan fingerprint density at radius 1 is 1.35 bits per heavy atom. The number of hydrogen-bond donors (Lipinski definition) is 2. The molecule has 1 aromatic rings. The van der Waals surface area contributed by atoms with Crippen molar-refractivity contribution in [1.82, 2.24) is 4.72 Å². The molecule has 0 heterocycles. The SMILES string of the molecule is CC(C)(CCO)CNS(=O)(=O)/C=C/c1ccccc1Cl. The molecule has 0 aliphatic rings. The van der Waals surface area contributed by atoms with Crippen molar-refractivity contribution in [3.63, 3.8) is 0 Å². The van der Waals surface area contributed by atoms with E-state index in [-0.39, 0.29) is 18.6 Å². The normalized spacial score (nSPS) is 13.0. The Morgan fingerprint density at radius 3 is 2.60 bits per heavy atom.